The Kier molecular flexibility index (Phi) is 16.7. The lowest BCUT2D eigenvalue weighted by molar-refractivity contribution is -0.131. The third-order valence-electron chi connectivity index (χ3n) is 6.33. The lowest BCUT2D eigenvalue weighted by atomic mass is 10.1. The summed E-state index contributed by atoms with van der Waals surface area (Å²) >= 11 is 0. The molecule has 0 saturated carbocycles. The largest absolute Gasteiger partial charge is 0.444 e. The predicted octanol–water partition coefficient (Wildman–Crippen LogP) is 8.02. The van der Waals surface area contributed by atoms with Gasteiger partial charge in [-0.25, -0.2) is 28.9 Å². The van der Waals surface area contributed by atoms with E-state index in [4.69, 9.17) is 23.7 Å². The average molecular weight is 778 g/mol. The second kappa shape index (κ2) is 19.1. The van der Waals surface area contributed by atoms with Crippen LogP contribution in [0.2, 0.25) is 0 Å². The summed E-state index contributed by atoms with van der Waals surface area (Å²) in [6, 6.07) is 7.84. The highest BCUT2D eigenvalue weighted by Gasteiger charge is 2.38. The van der Waals surface area contributed by atoms with Gasteiger partial charge in [0.05, 0.1) is 6.54 Å². The zero-order valence-electron chi connectivity index (χ0n) is 35.6. The van der Waals surface area contributed by atoms with E-state index < -0.39 is 82.8 Å². The number of nitrogens with one attached hydrogen (secondary N) is 1. The van der Waals surface area contributed by atoms with Crippen LogP contribution in [-0.2, 0) is 35.0 Å². The molecule has 0 fully saturated rings. The van der Waals surface area contributed by atoms with Crippen LogP contribution in [0.15, 0.2) is 35.3 Å². The van der Waals surface area contributed by atoms with Gasteiger partial charge < -0.3 is 33.9 Å². The van der Waals surface area contributed by atoms with Gasteiger partial charge in [-0.15, -0.1) is 9.89 Å². The van der Waals surface area contributed by atoms with Crippen molar-refractivity contribution in [2.75, 3.05) is 13.6 Å². The first-order valence-corrected chi connectivity index (χ1v) is 18.1. The van der Waals surface area contributed by atoms with Gasteiger partial charge >= 0.3 is 30.5 Å². The summed E-state index contributed by atoms with van der Waals surface area (Å²) in [7, 11) is 1.43. The Morgan fingerprint density at radius 3 is 1.51 bits per heavy atom. The quantitative estimate of drug-likeness (QED) is 0.153. The fraction of sp³-hybridized carbons (Fsp3) is 0.667. The van der Waals surface area contributed by atoms with Gasteiger partial charge in [0.1, 0.15) is 28.0 Å². The van der Waals surface area contributed by atoms with Gasteiger partial charge in [0.15, 0.2) is 0 Å². The third-order valence-corrected chi connectivity index (χ3v) is 6.33. The molecule has 0 heterocycles. The van der Waals surface area contributed by atoms with Crippen molar-refractivity contribution in [2.45, 2.75) is 157 Å². The van der Waals surface area contributed by atoms with Crippen LogP contribution in [0.1, 0.15) is 122 Å². The maximum absolute atomic E-state index is 14.0. The molecule has 0 bridgehead atoms. The van der Waals surface area contributed by atoms with E-state index >= 15 is 0 Å². The van der Waals surface area contributed by atoms with E-state index in [1.807, 2.05) is 0 Å². The Morgan fingerprint density at radius 2 is 1.07 bits per heavy atom. The Balaban J connectivity index is 3.71. The van der Waals surface area contributed by atoms with Gasteiger partial charge in [-0.1, -0.05) is 30.3 Å². The fourth-order valence-corrected chi connectivity index (χ4v) is 4.33. The smallest absolute Gasteiger partial charge is 0.437 e. The van der Waals surface area contributed by atoms with E-state index in [9.17, 15) is 28.8 Å². The first-order chi connectivity index (χ1) is 24.7. The number of alkyl carbamates (subject to hydrolysis) is 1. The molecule has 1 N–H and O–H groups in total. The van der Waals surface area contributed by atoms with Crippen molar-refractivity contribution >= 4 is 42.3 Å². The fourth-order valence-electron chi connectivity index (χ4n) is 4.33. The number of hydrogen-bond donors (Lipinski definition) is 1. The maximum Gasteiger partial charge on any atom is 0.437 e. The standard InChI is InChI=1S/C39H63N5O11/c1-35(2,3)51-30(46)40-27(24-28(45)43(32(48)53-37(7,8)9)25-26-20-18-17-19-21-26)22-23-42(16)29(41-31(47)52-36(4,5)6)44(33(49)54-38(10,11)12)34(50)55-39(13,14)15/h17-21,27H,22-25H2,1-16H3,(H,40,46)/b41-29-/t27-/m0/s1. The van der Waals surface area contributed by atoms with Crippen molar-refractivity contribution in [3.8, 4) is 0 Å². The number of aliphatic imine (C=N–C) groups is 1. The maximum atomic E-state index is 14.0. The molecular weight excluding hydrogens is 714 g/mol. The monoisotopic (exact) mass is 777 g/mol. The van der Waals surface area contributed by atoms with Crippen molar-refractivity contribution < 1.29 is 52.5 Å². The average Bonchev–Trinajstić information content (AvgIpc) is 2.93. The Bertz CT molecular complexity index is 1500. The molecule has 310 valence electrons. The number of hydrogen-bond acceptors (Lipinski definition) is 11. The number of guanidine groups is 1. The number of ether oxygens (including phenoxy) is 5. The molecule has 0 radical (unpaired) electrons. The van der Waals surface area contributed by atoms with Gasteiger partial charge in [0.25, 0.3) is 0 Å². The van der Waals surface area contributed by atoms with Crippen LogP contribution in [0.3, 0.4) is 0 Å². The van der Waals surface area contributed by atoms with Crippen molar-refractivity contribution in [3.05, 3.63) is 35.9 Å². The molecule has 1 aromatic carbocycles. The van der Waals surface area contributed by atoms with Crippen molar-refractivity contribution in [1.82, 2.24) is 20.0 Å². The first kappa shape index (κ1) is 48.1. The van der Waals surface area contributed by atoms with Crippen LogP contribution in [0.25, 0.3) is 0 Å². The Labute approximate surface area is 326 Å². The van der Waals surface area contributed by atoms with Gasteiger partial charge in [-0.3, -0.25) is 4.79 Å². The van der Waals surface area contributed by atoms with E-state index in [1.54, 1.807) is 134 Å². The zero-order chi connectivity index (χ0) is 42.7. The number of rotatable bonds is 8. The number of imide groups is 2. The second-order valence-electron chi connectivity index (χ2n) is 17.9. The summed E-state index contributed by atoms with van der Waals surface area (Å²) in [6.07, 6.45) is -5.69. The molecule has 0 unspecified atom stereocenters. The van der Waals surface area contributed by atoms with Gasteiger partial charge in [0.2, 0.25) is 11.9 Å². The SMILES string of the molecule is CN(CC[C@@H](CC(=O)N(Cc1ccccc1)C(=O)OC(C)(C)C)NC(=O)OC(C)(C)C)/C(=N/C(=O)OC(C)(C)C)N(C(=O)OC(C)(C)C)C(=O)OC(C)(C)C. The second-order valence-corrected chi connectivity index (χ2v) is 17.9. The molecule has 16 heteroatoms. The molecule has 0 saturated heterocycles. The van der Waals surface area contributed by atoms with Crippen molar-refractivity contribution in [1.29, 1.82) is 0 Å². The number of benzene rings is 1. The molecule has 1 aromatic rings. The highest BCUT2D eigenvalue weighted by molar-refractivity contribution is 6.10. The van der Waals surface area contributed by atoms with Gasteiger partial charge in [-0.05, 0) is 116 Å². The summed E-state index contributed by atoms with van der Waals surface area (Å²) in [6.45, 7) is 24.2. The Hall–Kier alpha value is -4.89. The zero-order valence-corrected chi connectivity index (χ0v) is 35.6. The molecule has 6 amide bonds. The van der Waals surface area contributed by atoms with Crippen LogP contribution < -0.4 is 5.32 Å². The number of carbonyl (C=O) groups is 6. The third kappa shape index (κ3) is 20.4. The van der Waals surface area contributed by atoms with Crippen LogP contribution >= 0.6 is 0 Å². The molecule has 0 aliphatic heterocycles. The van der Waals surface area contributed by atoms with E-state index in [0.29, 0.717) is 10.5 Å². The molecular formula is C39H63N5O11. The van der Waals surface area contributed by atoms with E-state index in [-0.39, 0.29) is 19.5 Å². The van der Waals surface area contributed by atoms with Crippen molar-refractivity contribution in [3.63, 3.8) is 0 Å². The minimum Gasteiger partial charge on any atom is -0.444 e. The van der Waals surface area contributed by atoms with Gasteiger partial charge in [-0.2, -0.15) is 0 Å². The van der Waals surface area contributed by atoms with Crippen LogP contribution in [0.4, 0.5) is 24.0 Å². The molecule has 1 atom stereocenters. The summed E-state index contributed by atoms with van der Waals surface area (Å²) in [5, 5.41) is 2.70. The number of carbonyl (C=O) groups excluding carboxylic acids is 6. The molecule has 16 nitrogen and oxygen atoms in total. The van der Waals surface area contributed by atoms with Crippen molar-refractivity contribution in [2.24, 2.45) is 4.99 Å². The first-order valence-electron chi connectivity index (χ1n) is 18.1. The molecule has 0 aromatic heterocycles. The minimum absolute atomic E-state index is 0.0568. The molecule has 55 heavy (non-hydrogen) atoms. The number of nitrogens with zero attached hydrogens (tertiary/aromatic N) is 4. The number of amides is 6. The van der Waals surface area contributed by atoms with Crippen LogP contribution in [0.5, 0.6) is 0 Å². The summed E-state index contributed by atoms with van der Waals surface area (Å²) in [5.74, 6) is -1.19. The minimum atomic E-state index is -1.19. The van der Waals surface area contributed by atoms with Gasteiger partial charge in [0, 0.05) is 26.1 Å². The summed E-state index contributed by atoms with van der Waals surface area (Å²) < 4.78 is 27.4. The highest BCUT2D eigenvalue weighted by atomic mass is 16.6. The lowest BCUT2D eigenvalue weighted by Gasteiger charge is -2.33. The normalized spacial score (nSPS) is 13.1. The summed E-state index contributed by atoms with van der Waals surface area (Å²) in [4.78, 5) is 87.5. The van der Waals surface area contributed by atoms with Crippen LogP contribution in [-0.4, -0.2) is 105 Å². The summed E-state index contributed by atoms with van der Waals surface area (Å²) in [5.41, 5.74) is -4.29. The molecule has 0 spiro atoms. The topological polar surface area (TPSA) is 183 Å². The molecule has 0 aliphatic carbocycles. The highest BCUT2D eigenvalue weighted by Crippen LogP contribution is 2.20. The lowest BCUT2D eigenvalue weighted by Crippen LogP contribution is -2.53. The molecule has 0 aliphatic rings. The molecule has 1 rings (SSSR count). The predicted molar refractivity (Wildman–Crippen MR) is 206 cm³/mol. The van der Waals surface area contributed by atoms with Crippen LogP contribution in [0, 0.1) is 0 Å². The van der Waals surface area contributed by atoms with E-state index in [2.05, 4.69) is 10.3 Å². The van der Waals surface area contributed by atoms with E-state index in [0.717, 1.165) is 4.90 Å². The Morgan fingerprint density at radius 1 is 0.636 bits per heavy atom. The van der Waals surface area contributed by atoms with E-state index in [1.165, 1.54) is 11.9 Å².